The van der Waals surface area contributed by atoms with E-state index in [-0.39, 0.29) is 18.0 Å². The van der Waals surface area contributed by atoms with Gasteiger partial charge in [-0.3, -0.25) is 4.79 Å². The van der Waals surface area contributed by atoms with Crippen LogP contribution in [0.15, 0.2) is 18.2 Å². The highest BCUT2D eigenvalue weighted by Crippen LogP contribution is 2.16. The number of aryl methyl sites for hydroxylation is 2. The van der Waals surface area contributed by atoms with E-state index in [0.29, 0.717) is 19.5 Å². The van der Waals surface area contributed by atoms with Gasteiger partial charge in [0.2, 0.25) is 5.91 Å². The average Bonchev–Trinajstić information content (AvgIpc) is 2.52. The van der Waals surface area contributed by atoms with Crippen LogP contribution in [0.3, 0.4) is 0 Å². The van der Waals surface area contributed by atoms with Crippen LogP contribution in [0, 0.1) is 13.8 Å². The Morgan fingerprint density at radius 1 is 1.12 bits per heavy atom. The summed E-state index contributed by atoms with van der Waals surface area (Å²) in [6.45, 7) is 7.48. The van der Waals surface area contributed by atoms with Gasteiger partial charge >= 0.3 is 6.03 Å². The number of hydrogen-bond acceptors (Lipinski definition) is 2. The van der Waals surface area contributed by atoms with Crippen LogP contribution in [0.4, 0.5) is 10.5 Å². The first-order valence-corrected chi connectivity index (χ1v) is 8.91. The molecule has 132 valence electrons. The zero-order chi connectivity index (χ0) is 17.5. The molecule has 0 atom stereocenters. The first-order chi connectivity index (χ1) is 11.5. The van der Waals surface area contributed by atoms with E-state index in [9.17, 15) is 9.59 Å². The molecule has 2 N–H and O–H groups in total. The molecule has 1 fully saturated rings. The fourth-order valence-corrected chi connectivity index (χ4v) is 3.11. The van der Waals surface area contributed by atoms with Crippen molar-refractivity contribution >= 4 is 17.6 Å². The lowest BCUT2D eigenvalue weighted by Crippen LogP contribution is -2.47. The maximum absolute atomic E-state index is 12.4. The highest BCUT2D eigenvalue weighted by molar-refractivity contribution is 5.89. The van der Waals surface area contributed by atoms with E-state index in [4.69, 9.17) is 0 Å². The van der Waals surface area contributed by atoms with Gasteiger partial charge in [-0.2, -0.15) is 0 Å². The first-order valence-electron chi connectivity index (χ1n) is 8.91. The molecule has 1 saturated heterocycles. The summed E-state index contributed by atoms with van der Waals surface area (Å²) in [7, 11) is 0. The van der Waals surface area contributed by atoms with Crippen LogP contribution in [-0.4, -0.2) is 36.0 Å². The summed E-state index contributed by atoms with van der Waals surface area (Å²) in [5, 5.41) is 6.06. The van der Waals surface area contributed by atoms with Crippen molar-refractivity contribution in [1.82, 2.24) is 10.2 Å². The van der Waals surface area contributed by atoms with Gasteiger partial charge in [0.25, 0.3) is 0 Å². The zero-order valence-corrected chi connectivity index (χ0v) is 15.0. The predicted octanol–water partition coefficient (Wildman–Crippen LogP) is 3.61. The minimum atomic E-state index is -0.0595. The van der Waals surface area contributed by atoms with E-state index in [1.54, 1.807) is 0 Å². The Hall–Kier alpha value is -2.04. The Labute approximate surface area is 144 Å². The van der Waals surface area contributed by atoms with Gasteiger partial charge in [0.1, 0.15) is 0 Å². The molecule has 0 spiro atoms. The molecule has 0 saturated carbocycles. The Kier molecular flexibility index (Phi) is 6.64. The topological polar surface area (TPSA) is 61.4 Å². The van der Waals surface area contributed by atoms with Gasteiger partial charge in [-0.1, -0.05) is 19.4 Å². The van der Waals surface area contributed by atoms with Gasteiger partial charge in [0.15, 0.2) is 0 Å². The maximum Gasteiger partial charge on any atom is 0.321 e. The number of piperidine rings is 1. The molecule has 5 heteroatoms. The number of likely N-dealkylation sites (tertiary alicyclic amines) is 1. The van der Waals surface area contributed by atoms with E-state index in [0.717, 1.165) is 42.5 Å². The number of urea groups is 1. The summed E-state index contributed by atoms with van der Waals surface area (Å²) in [6.07, 6.45) is 4.20. The standard InChI is InChI=1S/C19H29N3O2/c1-4-5-6-18(23)20-16-7-9-22(10-8-16)19(24)21-17-12-14(2)11-15(3)13-17/h11-13,16H,4-10H2,1-3H3,(H,20,23)(H,21,24). The highest BCUT2D eigenvalue weighted by atomic mass is 16.2. The van der Waals surface area contributed by atoms with Gasteiger partial charge in [0.05, 0.1) is 0 Å². The summed E-state index contributed by atoms with van der Waals surface area (Å²) in [5.41, 5.74) is 3.12. The fourth-order valence-electron chi connectivity index (χ4n) is 3.11. The number of anilines is 1. The third-order valence-corrected chi connectivity index (χ3v) is 4.38. The second-order valence-corrected chi connectivity index (χ2v) is 6.74. The predicted molar refractivity (Wildman–Crippen MR) is 97.2 cm³/mol. The third kappa shape index (κ3) is 5.55. The van der Waals surface area contributed by atoms with Crippen LogP contribution < -0.4 is 10.6 Å². The molecule has 1 heterocycles. The van der Waals surface area contributed by atoms with Gasteiger partial charge in [-0.25, -0.2) is 4.79 Å². The number of benzene rings is 1. The van der Waals surface area contributed by atoms with E-state index in [1.165, 1.54) is 0 Å². The molecule has 0 unspecified atom stereocenters. The Bertz CT molecular complexity index is 558. The summed E-state index contributed by atoms with van der Waals surface area (Å²) in [6, 6.07) is 6.18. The lowest BCUT2D eigenvalue weighted by Gasteiger charge is -2.32. The van der Waals surface area contributed by atoms with Gasteiger partial charge in [0, 0.05) is 31.2 Å². The van der Waals surface area contributed by atoms with Crippen molar-refractivity contribution in [2.45, 2.75) is 58.9 Å². The second-order valence-electron chi connectivity index (χ2n) is 6.74. The molecule has 3 amide bonds. The molecule has 24 heavy (non-hydrogen) atoms. The second kappa shape index (κ2) is 8.71. The molecule has 1 aliphatic rings. The Morgan fingerprint density at radius 3 is 2.33 bits per heavy atom. The van der Waals surface area contributed by atoms with Crippen molar-refractivity contribution in [1.29, 1.82) is 0 Å². The van der Waals surface area contributed by atoms with Crippen LogP contribution in [0.5, 0.6) is 0 Å². The normalized spacial score (nSPS) is 15.2. The van der Waals surface area contributed by atoms with Gasteiger partial charge in [-0.05, 0) is 56.4 Å². The largest absolute Gasteiger partial charge is 0.353 e. The molecule has 2 rings (SSSR count). The quantitative estimate of drug-likeness (QED) is 0.866. The fraction of sp³-hybridized carbons (Fsp3) is 0.579. The van der Waals surface area contributed by atoms with Crippen LogP contribution in [0.2, 0.25) is 0 Å². The van der Waals surface area contributed by atoms with Crippen molar-refractivity contribution < 1.29 is 9.59 Å². The molecule has 5 nitrogen and oxygen atoms in total. The number of nitrogens with one attached hydrogen (secondary N) is 2. The molecule has 1 aromatic rings. The van der Waals surface area contributed by atoms with Crippen molar-refractivity contribution in [3.8, 4) is 0 Å². The number of carbonyl (C=O) groups is 2. The number of unbranched alkanes of at least 4 members (excludes halogenated alkanes) is 1. The zero-order valence-electron chi connectivity index (χ0n) is 15.0. The minimum absolute atomic E-state index is 0.0595. The third-order valence-electron chi connectivity index (χ3n) is 4.38. The SMILES string of the molecule is CCCCC(=O)NC1CCN(C(=O)Nc2cc(C)cc(C)c2)CC1. The number of rotatable bonds is 5. The van der Waals surface area contributed by atoms with Crippen molar-refractivity contribution in [3.05, 3.63) is 29.3 Å². The van der Waals surface area contributed by atoms with Crippen LogP contribution in [0.1, 0.15) is 50.2 Å². The molecule has 0 radical (unpaired) electrons. The minimum Gasteiger partial charge on any atom is -0.353 e. The average molecular weight is 331 g/mol. The summed E-state index contributed by atoms with van der Waals surface area (Å²) < 4.78 is 0. The summed E-state index contributed by atoms with van der Waals surface area (Å²) >= 11 is 0. The van der Waals surface area contributed by atoms with Crippen LogP contribution in [0.25, 0.3) is 0 Å². The highest BCUT2D eigenvalue weighted by Gasteiger charge is 2.23. The van der Waals surface area contributed by atoms with E-state index in [1.807, 2.05) is 30.9 Å². The molecular formula is C19H29N3O2. The number of amides is 3. The first kappa shape index (κ1) is 18.3. The maximum atomic E-state index is 12.4. The van der Waals surface area contributed by atoms with Crippen molar-refractivity contribution in [2.75, 3.05) is 18.4 Å². The Balaban J connectivity index is 1.79. The van der Waals surface area contributed by atoms with Gasteiger partial charge < -0.3 is 15.5 Å². The number of nitrogens with zero attached hydrogens (tertiary/aromatic N) is 1. The molecule has 1 aliphatic heterocycles. The smallest absolute Gasteiger partial charge is 0.321 e. The number of carbonyl (C=O) groups excluding carboxylic acids is 2. The van der Waals surface area contributed by atoms with Crippen LogP contribution in [-0.2, 0) is 4.79 Å². The lowest BCUT2D eigenvalue weighted by molar-refractivity contribution is -0.122. The van der Waals surface area contributed by atoms with E-state index < -0.39 is 0 Å². The van der Waals surface area contributed by atoms with E-state index in [2.05, 4.69) is 23.6 Å². The van der Waals surface area contributed by atoms with Crippen LogP contribution >= 0.6 is 0 Å². The monoisotopic (exact) mass is 331 g/mol. The number of hydrogen-bond donors (Lipinski definition) is 2. The molecular weight excluding hydrogens is 302 g/mol. The molecule has 0 aliphatic carbocycles. The lowest BCUT2D eigenvalue weighted by atomic mass is 10.0. The van der Waals surface area contributed by atoms with Crippen molar-refractivity contribution in [2.24, 2.45) is 0 Å². The summed E-state index contributed by atoms with van der Waals surface area (Å²) in [5.74, 6) is 0.134. The van der Waals surface area contributed by atoms with E-state index >= 15 is 0 Å². The summed E-state index contributed by atoms with van der Waals surface area (Å²) in [4.78, 5) is 26.0. The molecule has 0 bridgehead atoms. The van der Waals surface area contributed by atoms with Crippen molar-refractivity contribution in [3.63, 3.8) is 0 Å². The Morgan fingerprint density at radius 2 is 1.75 bits per heavy atom. The van der Waals surface area contributed by atoms with Gasteiger partial charge in [-0.15, -0.1) is 0 Å². The molecule has 1 aromatic carbocycles. The molecule has 0 aromatic heterocycles.